The van der Waals surface area contributed by atoms with E-state index in [1.54, 1.807) is 19.1 Å². The topological polar surface area (TPSA) is 81.7 Å². The molecular formula is C26H30FNO5. The average molecular weight is 456 g/mol. The Balaban J connectivity index is 1.77. The summed E-state index contributed by atoms with van der Waals surface area (Å²) in [7, 11) is 1.26. The van der Waals surface area contributed by atoms with Gasteiger partial charge in [-0.2, -0.15) is 0 Å². The van der Waals surface area contributed by atoms with Crippen LogP contribution in [0.4, 0.5) is 4.39 Å². The zero-order valence-electron chi connectivity index (χ0n) is 19.3. The number of carbonyl (C=O) groups excluding carboxylic acids is 3. The minimum atomic E-state index is -0.951. The minimum Gasteiger partial charge on any atom is -0.468 e. The number of ether oxygens (including phenoxy) is 2. The number of benzene rings is 1. The van der Waals surface area contributed by atoms with Gasteiger partial charge in [-0.05, 0) is 62.6 Å². The first kappa shape index (κ1) is 23.2. The van der Waals surface area contributed by atoms with E-state index in [1.165, 1.54) is 19.2 Å². The van der Waals surface area contributed by atoms with Crippen LogP contribution in [-0.4, -0.2) is 30.9 Å². The minimum absolute atomic E-state index is 0.152. The van der Waals surface area contributed by atoms with Gasteiger partial charge in [-0.25, -0.2) is 9.18 Å². The predicted molar refractivity (Wildman–Crippen MR) is 119 cm³/mol. The smallest absolute Gasteiger partial charge is 0.337 e. The van der Waals surface area contributed by atoms with Crippen molar-refractivity contribution >= 4 is 17.7 Å². The summed E-state index contributed by atoms with van der Waals surface area (Å²) < 4.78 is 24.5. The molecule has 0 aromatic heterocycles. The van der Waals surface area contributed by atoms with E-state index in [4.69, 9.17) is 9.47 Å². The third kappa shape index (κ3) is 4.45. The molecule has 4 rings (SSSR count). The molecule has 0 radical (unpaired) electrons. The highest BCUT2D eigenvalue weighted by Gasteiger charge is 2.47. The fraction of sp³-hybridized carbons (Fsp3) is 0.500. The molecule has 1 aromatic carbocycles. The van der Waals surface area contributed by atoms with Crippen LogP contribution in [0.5, 0.6) is 0 Å². The van der Waals surface area contributed by atoms with Crippen molar-refractivity contribution in [3.63, 3.8) is 0 Å². The summed E-state index contributed by atoms with van der Waals surface area (Å²) in [6.45, 7) is 3.63. The maximum absolute atomic E-state index is 13.7. The number of esters is 2. The molecule has 7 heteroatoms. The number of allylic oxidation sites excluding steroid dienone is 3. The number of hydrogen-bond acceptors (Lipinski definition) is 6. The molecule has 0 spiro atoms. The highest BCUT2D eigenvalue weighted by molar-refractivity contribution is 6.12. The fourth-order valence-electron chi connectivity index (χ4n) is 5.34. The second kappa shape index (κ2) is 9.49. The Morgan fingerprint density at radius 1 is 1.09 bits per heavy atom. The molecule has 0 saturated heterocycles. The molecule has 1 fully saturated rings. The number of dihydropyridines is 1. The summed E-state index contributed by atoms with van der Waals surface area (Å²) in [5.74, 6) is -3.80. The van der Waals surface area contributed by atoms with Crippen LogP contribution in [0.2, 0.25) is 0 Å². The third-order valence-corrected chi connectivity index (χ3v) is 6.99. The molecule has 3 aliphatic rings. The summed E-state index contributed by atoms with van der Waals surface area (Å²) in [4.78, 5) is 39.5. The second-order valence-electron chi connectivity index (χ2n) is 9.25. The zero-order chi connectivity index (χ0) is 23.7. The molecule has 0 amide bonds. The van der Waals surface area contributed by atoms with Gasteiger partial charge in [-0.1, -0.05) is 25.5 Å². The molecule has 3 atom stereocenters. The molecule has 33 heavy (non-hydrogen) atoms. The Hall–Kier alpha value is -2.96. The number of methoxy groups -OCH3 is 1. The molecule has 176 valence electrons. The van der Waals surface area contributed by atoms with Crippen LogP contribution in [-0.2, 0) is 23.9 Å². The van der Waals surface area contributed by atoms with Crippen LogP contribution in [0.25, 0.3) is 0 Å². The van der Waals surface area contributed by atoms with Gasteiger partial charge in [0, 0.05) is 22.9 Å². The quantitative estimate of drug-likeness (QED) is 0.538. The van der Waals surface area contributed by atoms with Crippen molar-refractivity contribution < 1.29 is 28.2 Å². The number of carbonyl (C=O) groups is 3. The first-order valence-corrected chi connectivity index (χ1v) is 11.6. The van der Waals surface area contributed by atoms with Gasteiger partial charge in [0.25, 0.3) is 0 Å². The maximum atomic E-state index is 13.7. The number of rotatable bonds is 4. The van der Waals surface area contributed by atoms with E-state index in [-0.39, 0.29) is 17.8 Å². The van der Waals surface area contributed by atoms with E-state index in [9.17, 15) is 18.8 Å². The van der Waals surface area contributed by atoms with Gasteiger partial charge >= 0.3 is 11.9 Å². The van der Waals surface area contributed by atoms with E-state index >= 15 is 0 Å². The maximum Gasteiger partial charge on any atom is 0.337 e. The molecule has 6 nitrogen and oxygen atoms in total. The lowest BCUT2D eigenvalue weighted by atomic mass is 9.69. The normalized spacial score (nSPS) is 25.9. The fourth-order valence-corrected chi connectivity index (χ4v) is 5.34. The molecule has 1 heterocycles. The van der Waals surface area contributed by atoms with Crippen LogP contribution in [0.1, 0.15) is 63.9 Å². The van der Waals surface area contributed by atoms with Crippen molar-refractivity contribution in [2.75, 3.05) is 7.11 Å². The molecule has 1 N–H and O–H groups in total. The lowest BCUT2D eigenvalue weighted by Crippen LogP contribution is -2.43. The van der Waals surface area contributed by atoms with Gasteiger partial charge in [0.15, 0.2) is 5.78 Å². The standard InChI is InChI=1S/C26H30FNO5/c1-14-13-19-23(24(29)20(14)25(30)32-3)22(16-9-11-17(27)12-10-16)21(15(2)28-19)26(31)33-18-7-5-4-6-8-18/h9-12,14,18,20,22,28H,4-8,13H2,1-3H3/t14-,20-,22+/m0/s1. The zero-order valence-corrected chi connectivity index (χ0v) is 19.3. The summed E-state index contributed by atoms with van der Waals surface area (Å²) in [5.41, 5.74) is 2.59. The predicted octanol–water partition coefficient (Wildman–Crippen LogP) is 4.31. The average Bonchev–Trinajstić information content (AvgIpc) is 2.79. The molecule has 0 bridgehead atoms. The van der Waals surface area contributed by atoms with Gasteiger partial charge in [0.05, 0.1) is 12.7 Å². The highest BCUT2D eigenvalue weighted by atomic mass is 19.1. The summed E-state index contributed by atoms with van der Waals surface area (Å²) >= 11 is 0. The third-order valence-electron chi connectivity index (χ3n) is 6.99. The van der Waals surface area contributed by atoms with Crippen molar-refractivity contribution in [1.82, 2.24) is 5.32 Å². The van der Waals surface area contributed by atoms with Gasteiger partial charge in [0.1, 0.15) is 17.8 Å². The van der Waals surface area contributed by atoms with E-state index < -0.39 is 29.6 Å². The van der Waals surface area contributed by atoms with Crippen molar-refractivity contribution in [3.05, 3.63) is 58.2 Å². The number of nitrogens with one attached hydrogen (secondary N) is 1. The summed E-state index contributed by atoms with van der Waals surface area (Å²) in [6.07, 6.45) is 5.11. The Morgan fingerprint density at radius 3 is 2.39 bits per heavy atom. The van der Waals surface area contributed by atoms with Gasteiger partial charge in [-0.3, -0.25) is 9.59 Å². The van der Waals surface area contributed by atoms with Crippen LogP contribution in [0, 0.1) is 17.7 Å². The Morgan fingerprint density at radius 2 is 1.76 bits per heavy atom. The van der Waals surface area contributed by atoms with Gasteiger partial charge in [0.2, 0.25) is 0 Å². The van der Waals surface area contributed by atoms with E-state index in [0.717, 1.165) is 32.1 Å². The van der Waals surface area contributed by atoms with Crippen molar-refractivity contribution in [2.45, 2.75) is 64.4 Å². The van der Waals surface area contributed by atoms with Crippen molar-refractivity contribution in [2.24, 2.45) is 11.8 Å². The van der Waals surface area contributed by atoms with Crippen LogP contribution < -0.4 is 5.32 Å². The van der Waals surface area contributed by atoms with Crippen molar-refractivity contribution in [1.29, 1.82) is 0 Å². The number of hydrogen-bond donors (Lipinski definition) is 1. The number of Topliss-reactive ketones (excluding diaryl/α,β-unsaturated/α-hetero) is 1. The van der Waals surface area contributed by atoms with E-state index in [2.05, 4.69) is 5.32 Å². The lowest BCUT2D eigenvalue weighted by molar-refractivity contribution is -0.151. The van der Waals surface area contributed by atoms with E-state index in [1.807, 2.05) is 6.92 Å². The van der Waals surface area contributed by atoms with Crippen LogP contribution in [0.15, 0.2) is 46.8 Å². The monoisotopic (exact) mass is 455 g/mol. The van der Waals surface area contributed by atoms with Gasteiger partial charge in [-0.15, -0.1) is 0 Å². The first-order chi connectivity index (χ1) is 15.8. The van der Waals surface area contributed by atoms with Crippen molar-refractivity contribution in [3.8, 4) is 0 Å². The Bertz CT molecular complexity index is 1020. The molecular weight excluding hydrogens is 425 g/mol. The second-order valence-corrected chi connectivity index (χ2v) is 9.25. The molecule has 1 saturated carbocycles. The van der Waals surface area contributed by atoms with Gasteiger partial charge < -0.3 is 14.8 Å². The summed E-state index contributed by atoms with van der Waals surface area (Å²) in [5, 5.41) is 3.25. The van der Waals surface area contributed by atoms with E-state index in [0.29, 0.717) is 34.5 Å². The molecule has 2 aliphatic carbocycles. The summed E-state index contributed by atoms with van der Waals surface area (Å²) in [6, 6.07) is 5.78. The Kier molecular flexibility index (Phi) is 6.68. The number of halogens is 1. The largest absolute Gasteiger partial charge is 0.468 e. The SMILES string of the molecule is COC(=O)[C@@H]1C(=O)C2=C(C[C@@H]1C)NC(C)=C(C(=O)OC1CCCCC1)[C@H]2c1ccc(F)cc1. The van der Waals surface area contributed by atoms with Crippen LogP contribution >= 0.6 is 0 Å². The highest BCUT2D eigenvalue weighted by Crippen LogP contribution is 2.45. The molecule has 0 unspecified atom stereocenters. The molecule has 1 aromatic rings. The molecule has 1 aliphatic heterocycles. The van der Waals surface area contributed by atoms with Crippen LogP contribution in [0.3, 0.4) is 0 Å². The number of ketones is 1. The lowest BCUT2D eigenvalue weighted by Gasteiger charge is -2.38. The Labute approximate surface area is 193 Å². The first-order valence-electron chi connectivity index (χ1n) is 11.6.